The molecule has 3 aromatic rings. The van der Waals surface area contributed by atoms with Gasteiger partial charge in [0.05, 0.1) is 17.1 Å². The minimum absolute atomic E-state index is 0.0542. The van der Waals surface area contributed by atoms with Crippen LogP contribution in [0, 0.1) is 0 Å². The molecular formula is C20H21ClN4O2. The van der Waals surface area contributed by atoms with E-state index in [0.717, 1.165) is 31.0 Å². The molecular weight excluding hydrogens is 364 g/mol. The molecule has 0 unspecified atom stereocenters. The third kappa shape index (κ3) is 4.07. The van der Waals surface area contributed by atoms with Gasteiger partial charge in [0.2, 0.25) is 5.91 Å². The highest BCUT2D eigenvalue weighted by Gasteiger charge is 2.22. The third-order valence-corrected chi connectivity index (χ3v) is 5.13. The van der Waals surface area contributed by atoms with Gasteiger partial charge in [-0.1, -0.05) is 29.8 Å². The van der Waals surface area contributed by atoms with Crippen LogP contribution in [-0.4, -0.2) is 56.4 Å². The monoisotopic (exact) mass is 384 g/mol. The van der Waals surface area contributed by atoms with E-state index in [2.05, 4.69) is 9.88 Å². The van der Waals surface area contributed by atoms with Crippen molar-refractivity contribution in [2.24, 2.45) is 0 Å². The van der Waals surface area contributed by atoms with Gasteiger partial charge in [-0.3, -0.25) is 9.69 Å². The van der Waals surface area contributed by atoms with Crippen molar-refractivity contribution in [1.82, 2.24) is 19.2 Å². The van der Waals surface area contributed by atoms with E-state index in [9.17, 15) is 9.90 Å². The summed E-state index contributed by atoms with van der Waals surface area (Å²) in [6, 6.07) is 10.7. The summed E-state index contributed by atoms with van der Waals surface area (Å²) in [6.07, 6.45) is 4.08. The van der Waals surface area contributed by atoms with Crippen LogP contribution >= 0.6 is 11.6 Å². The summed E-state index contributed by atoms with van der Waals surface area (Å²) < 4.78 is 1.93. The molecule has 6 nitrogen and oxygen atoms in total. The van der Waals surface area contributed by atoms with E-state index in [1.54, 1.807) is 18.2 Å². The maximum Gasteiger partial charge on any atom is 0.227 e. The van der Waals surface area contributed by atoms with Crippen LogP contribution in [0.4, 0.5) is 0 Å². The van der Waals surface area contributed by atoms with Crippen molar-refractivity contribution < 1.29 is 9.90 Å². The normalized spacial score (nSPS) is 15.4. The minimum Gasteiger partial charge on any atom is -0.508 e. The number of phenolic OH excluding ortho intramolecular Hbond substituents is 1. The number of hydrogen-bond donors (Lipinski definition) is 1. The number of fused-ring (bicyclic) bond motifs is 1. The quantitative estimate of drug-likeness (QED) is 0.751. The Morgan fingerprint density at radius 1 is 1.07 bits per heavy atom. The summed E-state index contributed by atoms with van der Waals surface area (Å²) in [5, 5.41) is 10.5. The van der Waals surface area contributed by atoms with Gasteiger partial charge in [-0.25, -0.2) is 4.98 Å². The first-order valence-electron chi connectivity index (χ1n) is 8.98. The van der Waals surface area contributed by atoms with Crippen molar-refractivity contribution in [3.05, 3.63) is 65.1 Å². The molecule has 27 heavy (non-hydrogen) atoms. The van der Waals surface area contributed by atoms with Crippen LogP contribution in [0.3, 0.4) is 0 Å². The van der Waals surface area contributed by atoms with E-state index in [1.807, 2.05) is 39.9 Å². The molecule has 4 rings (SSSR count). The lowest BCUT2D eigenvalue weighted by Gasteiger charge is -2.34. The van der Waals surface area contributed by atoms with E-state index in [4.69, 9.17) is 11.6 Å². The molecule has 1 amide bonds. The summed E-state index contributed by atoms with van der Waals surface area (Å²) in [7, 11) is 0. The number of aromatic hydroxyl groups is 1. The number of para-hydroxylation sites is 1. The average Bonchev–Trinajstić information content (AvgIpc) is 3.05. The lowest BCUT2D eigenvalue weighted by atomic mass is 10.1. The number of benzene rings is 1. The van der Waals surface area contributed by atoms with Crippen LogP contribution in [0.25, 0.3) is 5.65 Å². The van der Waals surface area contributed by atoms with Gasteiger partial charge >= 0.3 is 0 Å². The van der Waals surface area contributed by atoms with Gasteiger partial charge in [-0.05, 0) is 18.2 Å². The van der Waals surface area contributed by atoms with E-state index < -0.39 is 0 Å². The molecule has 1 aromatic carbocycles. The fourth-order valence-electron chi connectivity index (χ4n) is 3.41. The number of halogens is 1. The molecule has 140 valence electrons. The first kappa shape index (κ1) is 17.8. The van der Waals surface area contributed by atoms with Crippen molar-refractivity contribution in [1.29, 1.82) is 0 Å². The molecule has 1 aliphatic rings. The van der Waals surface area contributed by atoms with Gasteiger partial charge in [0.25, 0.3) is 0 Å². The molecule has 1 N–H and O–H groups in total. The number of carbonyl (C=O) groups is 1. The number of pyridine rings is 1. The Morgan fingerprint density at radius 3 is 2.63 bits per heavy atom. The van der Waals surface area contributed by atoms with E-state index in [0.29, 0.717) is 23.7 Å². The number of phenols is 1. The fraction of sp³-hybridized carbons (Fsp3) is 0.300. The Bertz CT molecular complexity index is 964. The maximum absolute atomic E-state index is 12.5. The van der Waals surface area contributed by atoms with Gasteiger partial charge in [0.1, 0.15) is 11.4 Å². The first-order valence-corrected chi connectivity index (χ1v) is 9.36. The zero-order chi connectivity index (χ0) is 18.8. The molecule has 1 aliphatic heterocycles. The van der Waals surface area contributed by atoms with Crippen LogP contribution in [0.5, 0.6) is 5.75 Å². The zero-order valence-corrected chi connectivity index (χ0v) is 15.6. The summed E-state index contributed by atoms with van der Waals surface area (Å²) in [5.41, 5.74) is 2.55. The van der Waals surface area contributed by atoms with Crippen LogP contribution < -0.4 is 0 Å². The predicted octanol–water partition coefficient (Wildman–Crippen LogP) is 2.58. The fourth-order valence-corrected chi connectivity index (χ4v) is 3.58. The highest BCUT2D eigenvalue weighted by Crippen LogP contribution is 2.18. The number of piperazine rings is 1. The highest BCUT2D eigenvalue weighted by molar-refractivity contribution is 6.30. The van der Waals surface area contributed by atoms with Crippen molar-refractivity contribution >= 4 is 23.2 Å². The molecule has 0 aliphatic carbocycles. The summed E-state index contributed by atoms with van der Waals surface area (Å²) in [6.45, 7) is 3.74. The number of amides is 1. The van der Waals surface area contributed by atoms with Gasteiger partial charge < -0.3 is 14.4 Å². The van der Waals surface area contributed by atoms with Gasteiger partial charge in [-0.2, -0.15) is 0 Å². The summed E-state index contributed by atoms with van der Waals surface area (Å²) >= 11 is 6.02. The van der Waals surface area contributed by atoms with Gasteiger partial charge in [-0.15, -0.1) is 0 Å². The van der Waals surface area contributed by atoms with E-state index >= 15 is 0 Å². The number of nitrogens with zero attached hydrogens (tertiary/aromatic N) is 4. The van der Waals surface area contributed by atoms with Gasteiger partial charge in [0, 0.05) is 50.7 Å². The lowest BCUT2D eigenvalue weighted by molar-refractivity contribution is -0.132. The molecule has 0 saturated carbocycles. The number of rotatable bonds is 4. The van der Waals surface area contributed by atoms with Crippen molar-refractivity contribution in [2.75, 3.05) is 26.2 Å². The standard InChI is InChI=1S/C20H21ClN4O2/c21-16-5-6-19-22-17(14-25(19)12-16)13-23-7-9-24(10-8-23)20(27)11-15-3-1-2-4-18(15)26/h1-6,12,14,26H,7-11,13H2. The third-order valence-electron chi connectivity index (χ3n) is 4.91. The largest absolute Gasteiger partial charge is 0.508 e. The van der Waals surface area contributed by atoms with Gasteiger partial charge in [0.15, 0.2) is 0 Å². The number of carbonyl (C=O) groups excluding carboxylic acids is 1. The second kappa shape index (κ2) is 7.58. The molecule has 7 heteroatoms. The topological polar surface area (TPSA) is 61.1 Å². The Morgan fingerprint density at radius 2 is 1.85 bits per heavy atom. The molecule has 0 bridgehead atoms. The molecule has 1 saturated heterocycles. The SMILES string of the molecule is O=C(Cc1ccccc1O)N1CCN(Cc2cn3cc(Cl)ccc3n2)CC1. The van der Waals surface area contributed by atoms with E-state index in [1.165, 1.54) is 0 Å². The van der Waals surface area contributed by atoms with Crippen LogP contribution in [0.15, 0.2) is 48.8 Å². The van der Waals surface area contributed by atoms with Crippen molar-refractivity contribution in [3.8, 4) is 5.75 Å². The van der Waals surface area contributed by atoms with Crippen LogP contribution in [0.2, 0.25) is 5.02 Å². The molecule has 3 heterocycles. The van der Waals surface area contributed by atoms with Crippen molar-refractivity contribution in [2.45, 2.75) is 13.0 Å². The zero-order valence-electron chi connectivity index (χ0n) is 14.9. The Balaban J connectivity index is 1.33. The smallest absolute Gasteiger partial charge is 0.227 e. The molecule has 0 spiro atoms. The summed E-state index contributed by atoms with van der Waals surface area (Å²) in [5.74, 6) is 0.231. The highest BCUT2D eigenvalue weighted by atomic mass is 35.5. The second-order valence-corrected chi connectivity index (χ2v) is 7.24. The number of imidazole rings is 1. The molecule has 2 aromatic heterocycles. The van der Waals surface area contributed by atoms with Crippen molar-refractivity contribution in [3.63, 3.8) is 0 Å². The molecule has 1 fully saturated rings. The molecule has 0 radical (unpaired) electrons. The average molecular weight is 385 g/mol. The van der Waals surface area contributed by atoms with Crippen LogP contribution in [0.1, 0.15) is 11.3 Å². The van der Waals surface area contributed by atoms with Crippen LogP contribution in [-0.2, 0) is 17.8 Å². The lowest BCUT2D eigenvalue weighted by Crippen LogP contribution is -2.48. The molecule has 0 atom stereocenters. The Hall–Kier alpha value is -2.57. The first-order chi connectivity index (χ1) is 13.1. The summed E-state index contributed by atoms with van der Waals surface area (Å²) in [4.78, 5) is 21.3. The number of hydrogen-bond acceptors (Lipinski definition) is 4. The van der Waals surface area contributed by atoms with E-state index in [-0.39, 0.29) is 18.1 Å². The maximum atomic E-state index is 12.5. The second-order valence-electron chi connectivity index (χ2n) is 6.81. The minimum atomic E-state index is 0.0542. The Labute approximate surface area is 162 Å². The Kier molecular flexibility index (Phi) is 5.01. The predicted molar refractivity (Wildman–Crippen MR) is 104 cm³/mol. The number of aromatic nitrogens is 2.